The van der Waals surface area contributed by atoms with Crippen molar-refractivity contribution in [3.8, 4) is 11.5 Å². The number of carbonyl (C=O) groups excluding carboxylic acids is 2. The van der Waals surface area contributed by atoms with Gasteiger partial charge in [0.15, 0.2) is 0 Å². The number of carboxylic acid groups (broad SMARTS) is 1. The van der Waals surface area contributed by atoms with Crippen molar-refractivity contribution < 1.29 is 29.3 Å². The van der Waals surface area contributed by atoms with Gasteiger partial charge < -0.3 is 31.3 Å². The molecule has 4 rings (SSSR count). The van der Waals surface area contributed by atoms with Gasteiger partial charge >= 0.3 is 5.97 Å². The Balaban J connectivity index is 1.94. The van der Waals surface area contributed by atoms with E-state index in [4.69, 9.17) is 10.5 Å². The van der Waals surface area contributed by atoms with E-state index in [1.54, 1.807) is 48.5 Å². The SMILES string of the molecule is N[C@H]1Cc2cccc(c2)Oc2ccc(cc2)C[C@@H](C(=O)O)NC(=O)[C@H](CO)NC1=O. The summed E-state index contributed by atoms with van der Waals surface area (Å²) in [7, 11) is 0. The number of nitrogens with two attached hydrogens (primary N) is 1. The summed E-state index contributed by atoms with van der Waals surface area (Å²) in [6, 6.07) is 10.4. The van der Waals surface area contributed by atoms with Crippen molar-refractivity contribution >= 4 is 17.8 Å². The van der Waals surface area contributed by atoms with Crippen LogP contribution in [0.25, 0.3) is 0 Å². The highest BCUT2D eigenvalue weighted by Crippen LogP contribution is 2.23. The first-order valence-electron chi connectivity index (χ1n) is 9.41. The van der Waals surface area contributed by atoms with Gasteiger partial charge in [0, 0.05) is 6.42 Å². The lowest BCUT2D eigenvalue weighted by Crippen LogP contribution is -2.56. The number of fused-ring (bicyclic) bond motifs is 10. The third-order valence-electron chi connectivity index (χ3n) is 4.72. The minimum Gasteiger partial charge on any atom is -0.480 e. The molecule has 2 aromatic rings. The molecule has 30 heavy (non-hydrogen) atoms. The summed E-state index contributed by atoms with van der Waals surface area (Å²) in [5.41, 5.74) is 7.38. The van der Waals surface area contributed by atoms with Crippen LogP contribution >= 0.6 is 0 Å². The van der Waals surface area contributed by atoms with Crippen LogP contribution < -0.4 is 21.1 Å². The Morgan fingerprint density at radius 3 is 2.40 bits per heavy atom. The van der Waals surface area contributed by atoms with Crippen molar-refractivity contribution in [1.29, 1.82) is 0 Å². The molecular weight excluding hydrogens is 390 g/mol. The van der Waals surface area contributed by atoms with Crippen LogP contribution in [0.3, 0.4) is 0 Å². The molecule has 4 bridgehead atoms. The smallest absolute Gasteiger partial charge is 0.326 e. The van der Waals surface area contributed by atoms with E-state index >= 15 is 0 Å². The molecule has 0 spiro atoms. The van der Waals surface area contributed by atoms with Gasteiger partial charge in [-0.1, -0.05) is 24.3 Å². The maximum Gasteiger partial charge on any atom is 0.326 e. The first-order valence-corrected chi connectivity index (χ1v) is 9.41. The molecule has 158 valence electrons. The van der Waals surface area contributed by atoms with Gasteiger partial charge in [-0.3, -0.25) is 9.59 Å². The Kier molecular flexibility index (Phi) is 6.65. The Hall–Kier alpha value is -3.43. The van der Waals surface area contributed by atoms with Gasteiger partial charge in [-0.05, 0) is 41.8 Å². The summed E-state index contributed by atoms with van der Waals surface area (Å²) in [5, 5.41) is 23.7. The van der Waals surface area contributed by atoms with E-state index in [9.17, 15) is 24.6 Å². The zero-order valence-corrected chi connectivity index (χ0v) is 16.1. The molecule has 0 aromatic heterocycles. The number of carboxylic acids is 1. The van der Waals surface area contributed by atoms with Gasteiger partial charge in [-0.25, -0.2) is 4.79 Å². The van der Waals surface area contributed by atoms with E-state index in [1.165, 1.54) is 0 Å². The Bertz CT molecular complexity index is 931. The van der Waals surface area contributed by atoms with Crippen LogP contribution in [0.2, 0.25) is 0 Å². The molecule has 0 radical (unpaired) electrons. The van der Waals surface area contributed by atoms with Crippen LogP contribution in [-0.4, -0.2) is 52.7 Å². The lowest BCUT2D eigenvalue weighted by Gasteiger charge is -2.21. The van der Waals surface area contributed by atoms with Crippen molar-refractivity contribution in [3.63, 3.8) is 0 Å². The maximum atomic E-state index is 12.4. The standard InChI is InChI=1S/C21H23N3O6/c22-16-9-13-2-1-3-15(8-13)30-14-6-4-12(5-7-14)10-17(21(28)29)23-20(27)18(11-25)24-19(16)26/h1-8,16-18,25H,9-11,22H2,(H,23,27)(H,24,26)(H,28,29)/t16-,17-,18-/m0/s1. The van der Waals surface area contributed by atoms with E-state index in [0.717, 1.165) is 5.56 Å². The molecule has 0 unspecified atom stereocenters. The summed E-state index contributed by atoms with van der Waals surface area (Å²) in [4.78, 5) is 36.4. The number of aliphatic hydroxyl groups excluding tert-OH is 1. The molecule has 9 heteroatoms. The second kappa shape index (κ2) is 9.38. The number of amides is 2. The van der Waals surface area contributed by atoms with Crippen molar-refractivity contribution in [3.05, 3.63) is 59.7 Å². The zero-order valence-electron chi connectivity index (χ0n) is 16.1. The predicted molar refractivity (Wildman–Crippen MR) is 107 cm³/mol. The van der Waals surface area contributed by atoms with Gasteiger partial charge in [0.05, 0.1) is 12.6 Å². The summed E-state index contributed by atoms with van der Waals surface area (Å²) < 4.78 is 5.82. The second-order valence-corrected chi connectivity index (χ2v) is 7.05. The first kappa shape index (κ1) is 21.3. The number of hydrogen-bond acceptors (Lipinski definition) is 6. The highest BCUT2D eigenvalue weighted by molar-refractivity contribution is 5.92. The molecule has 2 aliphatic rings. The van der Waals surface area contributed by atoms with Gasteiger partial charge in [-0.15, -0.1) is 0 Å². The number of aliphatic carboxylic acids is 1. The van der Waals surface area contributed by atoms with Crippen LogP contribution in [0, 0.1) is 0 Å². The fourth-order valence-electron chi connectivity index (χ4n) is 3.09. The Morgan fingerprint density at radius 2 is 1.73 bits per heavy atom. The highest BCUT2D eigenvalue weighted by atomic mass is 16.5. The van der Waals surface area contributed by atoms with E-state index in [1.807, 2.05) is 0 Å². The molecule has 0 saturated carbocycles. The summed E-state index contributed by atoms with van der Waals surface area (Å²) in [6.45, 7) is -0.700. The average Bonchev–Trinajstić information content (AvgIpc) is 2.72. The first-order chi connectivity index (χ1) is 14.4. The quantitative estimate of drug-likeness (QED) is 0.463. The summed E-state index contributed by atoms with van der Waals surface area (Å²) >= 11 is 0. The molecule has 9 nitrogen and oxygen atoms in total. The van der Waals surface area contributed by atoms with Gasteiger partial charge in [0.25, 0.3) is 0 Å². The van der Waals surface area contributed by atoms with Gasteiger partial charge in [-0.2, -0.15) is 0 Å². The lowest BCUT2D eigenvalue weighted by atomic mass is 10.0. The number of rotatable bonds is 2. The third-order valence-corrected chi connectivity index (χ3v) is 4.72. The van der Waals surface area contributed by atoms with Crippen molar-refractivity contribution in [2.45, 2.75) is 31.0 Å². The molecule has 2 heterocycles. The van der Waals surface area contributed by atoms with Crippen LogP contribution in [0.15, 0.2) is 48.5 Å². The van der Waals surface area contributed by atoms with Crippen LogP contribution in [0.1, 0.15) is 11.1 Å². The molecule has 6 N–H and O–H groups in total. The molecule has 2 aromatic carbocycles. The van der Waals surface area contributed by atoms with E-state index in [0.29, 0.717) is 17.1 Å². The second-order valence-electron chi connectivity index (χ2n) is 7.05. The molecule has 2 aliphatic heterocycles. The lowest BCUT2D eigenvalue weighted by molar-refractivity contribution is -0.142. The average molecular weight is 413 g/mol. The summed E-state index contributed by atoms with van der Waals surface area (Å²) in [5.74, 6) is -1.57. The number of aliphatic hydroxyl groups is 1. The zero-order chi connectivity index (χ0) is 21.7. The van der Waals surface area contributed by atoms with E-state index < -0.39 is 42.5 Å². The predicted octanol–water partition coefficient (Wildman–Crippen LogP) is -0.0487. The van der Waals surface area contributed by atoms with E-state index in [2.05, 4.69) is 10.6 Å². The minimum atomic E-state index is -1.32. The third kappa shape index (κ3) is 5.34. The van der Waals surface area contributed by atoms with Crippen molar-refractivity contribution in [2.75, 3.05) is 6.61 Å². The minimum absolute atomic E-state index is 0.0163. The molecule has 3 atom stereocenters. The van der Waals surface area contributed by atoms with Crippen LogP contribution in [0.5, 0.6) is 11.5 Å². The van der Waals surface area contributed by atoms with Gasteiger partial charge in [0.1, 0.15) is 23.6 Å². The number of nitrogens with one attached hydrogen (secondary N) is 2. The number of benzene rings is 2. The van der Waals surface area contributed by atoms with E-state index in [-0.39, 0.29) is 12.8 Å². The fraction of sp³-hybridized carbons (Fsp3) is 0.286. The number of carbonyl (C=O) groups is 3. The fourth-order valence-corrected chi connectivity index (χ4v) is 3.09. The maximum absolute atomic E-state index is 12.4. The topological polar surface area (TPSA) is 151 Å². The number of hydrogen-bond donors (Lipinski definition) is 5. The Morgan fingerprint density at radius 1 is 1.00 bits per heavy atom. The largest absolute Gasteiger partial charge is 0.480 e. The molecule has 0 fully saturated rings. The highest BCUT2D eigenvalue weighted by Gasteiger charge is 2.28. The molecule has 0 aliphatic carbocycles. The van der Waals surface area contributed by atoms with Crippen molar-refractivity contribution in [2.24, 2.45) is 5.73 Å². The molecule has 0 saturated heterocycles. The van der Waals surface area contributed by atoms with Crippen LogP contribution in [0.4, 0.5) is 0 Å². The molecule has 2 amide bonds. The summed E-state index contributed by atoms with van der Waals surface area (Å²) in [6.07, 6.45) is 0.196. The van der Waals surface area contributed by atoms with Crippen molar-refractivity contribution in [1.82, 2.24) is 10.6 Å². The monoisotopic (exact) mass is 413 g/mol. The Labute approximate surface area is 172 Å². The number of ether oxygens (including phenoxy) is 1. The van der Waals surface area contributed by atoms with Gasteiger partial charge in [0.2, 0.25) is 11.8 Å². The normalized spacial score (nSPS) is 22.4. The molecular formula is C21H23N3O6. The van der Waals surface area contributed by atoms with Crippen LogP contribution in [-0.2, 0) is 27.2 Å².